The number of hydrogen-bond acceptors (Lipinski definition) is 7. The first-order valence-electron chi connectivity index (χ1n) is 8.11. The standard InChI is InChI=1S/C19H18N6O/c1-26-16-7-4-5-14(11-16)9-10-21-19-24-18(13-22-25-19)23-17-8-3-2-6-15(17)12-20/h2-8,11,13H,9-10H2,1H3,(H2,21,23,24,25). The molecule has 0 aliphatic rings. The summed E-state index contributed by atoms with van der Waals surface area (Å²) in [6, 6.07) is 17.3. The molecule has 3 rings (SSSR count). The highest BCUT2D eigenvalue weighted by Crippen LogP contribution is 2.18. The first-order chi connectivity index (χ1) is 12.8. The van der Waals surface area contributed by atoms with Crippen molar-refractivity contribution >= 4 is 17.5 Å². The number of anilines is 3. The minimum atomic E-state index is 0.423. The number of nitriles is 1. The molecule has 7 heteroatoms. The zero-order valence-electron chi connectivity index (χ0n) is 14.3. The van der Waals surface area contributed by atoms with Gasteiger partial charge in [-0.2, -0.15) is 15.3 Å². The minimum Gasteiger partial charge on any atom is -0.497 e. The Labute approximate surface area is 151 Å². The van der Waals surface area contributed by atoms with Crippen molar-refractivity contribution in [3.8, 4) is 11.8 Å². The summed E-state index contributed by atoms with van der Waals surface area (Å²) in [5.74, 6) is 1.78. The Morgan fingerprint density at radius 3 is 2.88 bits per heavy atom. The number of nitrogens with one attached hydrogen (secondary N) is 2. The van der Waals surface area contributed by atoms with Gasteiger partial charge in [-0.1, -0.05) is 24.3 Å². The predicted octanol–water partition coefficient (Wildman–Crippen LogP) is 3.15. The van der Waals surface area contributed by atoms with Gasteiger partial charge in [-0.05, 0) is 36.2 Å². The van der Waals surface area contributed by atoms with E-state index in [9.17, 15) is 0 Å². The minimum absolute atomic E-state index is 0.423. The second-order valence-electron chi connectivity index (χ2n) is 5.48. The molecule has 1 heterocycles. The van der Waals surface area contributed by atoms with E-state index < -0.39 is 0 Å². The monoisotopic (exact) mass is 346 g/mol. The highest BCUT2D eigenvalue weighted by atomic mass is 16.5. The van der Waals surface area contributed by atoms with Crippen LogP contribution in [-0.2, 0) is 6.42 Å². The Morgan fingerprint density at radius 1 is 1.15 bits per heavy atom. The van der Waals surface area contributed by atoms with Gasteiger partial charge in [-0.25, -0.2) is 0 Å². The summed E-state index contributed by atoms with van der Waals surface area (Å²) in [6.45, 7) is 0.660. The van der Waals surface area contributed by atoms with Crippen LogP contribution >= 0.6 is 0 Å². The van der Waals surface area contributed by atoms with E-state index in [1.165, 1.54) is 6.20 Å². The second kappa shape index (κ2) is 8.44. The SMILES string of the molecule is COc1cccc(CCNc2nncc(Nc3ccccc3C#N)n2)c1. The number of methoxy groups -OCH3 is 1. The van der Waals surface area contributed by atoms with E-state index in [-0.39, 0.29) is 0 Å². The number of benzene rings is 2. The largest absolute Gasteiger partial charge is 0.497 e. The average molecular weight is 346 g/mol. The van der Waals surface area contributed by atoms with Crippen LogP contribution in [0.2, 0.25) is 0 Å². The van der Waals surface area contributed by atoms with Gasteiger partial charge in [0.15, 0.2) is 5.82 Å². The van der Waals surface area contributed by atoms with Crippen molar-refractivity contribution < 1.29 is 4.74 Å². The van der Waals surface area contributed by atoms with Gasteiger partial charge < -0.3 is 15.4 Å². The topological polar surface area (TPSA) is 95.8 Å². The molecule has 0 aliphatic heterocycles. The van der Waals surface area contributed by atoms with E-state index >= 15 is 0 Å². The third-order valence-corrected chi connectivity index (χ3v) is 3.70. The number of hydrogen-bond donors (Lipinski definition) is 2. The lowest BCUT2D eigenvalue weighted by atomic mass is 10.1. The Bertz CT molecular complexity index is 922. The number of ether oxygens (including phenoxy) is 1. The van der Waals surface area contributed by atoms with Crippen LogP contribution in [0.4, 0.5) is 17.5 Å². The molecule has 26 heavy (non-hydrogen) atoms. The smallest absolute Gasteiger partial charge is 0.244 e. The maximum absolute atomic E-state index is 9.15. The Kier molecular flexibility index (Phi) is 5.58. The van der Waals surface area contributed by atoms with E-state index in [1.54, 1.807) is 13.2 Å². The van der Waals surface area contributed by atoms with Crippen molar-refractivity contribution in [2.45, 2.75) is 6.42 Å². The number of rotatable bonds is 7. The molecule has 2 aromatic carbocycles. The zero-order valence-corrected chi connectivity index (χ0v) is 14.3. The van der Waals surface area contributed by atoms with Crippen molar-refractivity contribution in [2.75, 3.05) is 24.3 Å². The van der Waals surface area contributed by atoms with Crippen LogP contribution in [0.3, 0.4) is 0 Å². The number of aromatic nitrogens is 3. The van der Waals surface area contributed by atoms with Gasteiger partial charge in [-0.15, -0.1) is 5.10 Å². The highest BCUT2D eigenvalue weighted by Gasteiger charge is 2.05. The van der Waals surface area contributed by atoms with E-state index in [0.717, 1.165) is 17.7 Å². The van der Waals surface area contributed by atoms with E-state index in [2.05, 4.69) is 31.9 Å². The van der Waals surface area contributed by atoms with Crippen molar-refractivity contribution in [1.82, 2.24) is 15.2 Å². The molecule has 1 aromatic heterocycles. The maximum Gasteiger partial charge on any atom is 0.244 e. The van der Waals surface area contributed by atoms with Crippen molar-refractivity contribution in [1.29, 1.82) is 5.26 Å². The van der Waals surface area contributed by atoms with Crippen LogP contribution in [0.1, 0.15) is 11.1 Å². The quantitative estimate of drug-likeness (QED) is 0.678. The molecule has 2 N–H and O–H groups in total. The molecule has 130 valence electrons. The molecule has 3 aromatic rings. The Balaban J connectivity index is 1.61. The molecule has 0 unspecified atom stereocenters. The summed E-state index contributed by atoms with van der Waals surface area (Å²) in [4.78, 5) is 4.38. The third kappa shape index (κ3) is 4.45. The molecule has 0 amide bonds. The highest BCUT2D eigenvalue weighted by molar-refractivity contribution is 5.64. The van der Waals surface area contributed by atoms with Gasteiger partial charge in [-0.3, -0.25) is 0 Å². The van der Waals surface area contributed by atoms with Crippen LogP contribution in [-0.4, -0.2) is 28.8 Å². The Morgan fingerprint density at radius 2 is 2.04 bits per heavy atom. The van der Waals surface area contributed by atoms with Gasteiger partial charge in [0.25, 0.3) is 0 Å². The lowest BCUT2D eigenvalue weighted by Crippen LogP contribution is -2.10. The molecular formula is C19H18N6O. The fraction of sp³-hybridized carbons (Fsp3) is 0.158. The van der Waals surface area contributed by atoms with Crippen molar-refractivity contribution in [3.63, 3.8) is 0 Å². The lowest BCUT2D eigenvalue weighted by Gasteiger charge is -2.09. The number of nitrogens with zero attached hydrogens (tertiary/aromatic N) is 4. The summed E-state index contributed by atoms with van der Waals surface area (Å²) in [5.41, 5.74) is 2.37. The fourth-order valence-corrected chi connectivity index (χ4v) is 2.41. The van der Waals surface area contributed by atoms with Crippen LogP contribution in [0.15, 0.2) is 54.7 Å². The number of para-hydroxylation sites is 1. The Hall–Kier alpha value is -3.66. The van der Waals surface area contributed by atoms with Crippen LogP contribution < -0.4 is 15.4 Å². The molecular weight excluding hydrogens is 328 g/mol. The molecule has 0 spiro atoms. The van der Waals surface area contributed by atoms with Gasteiger partial charge in [0.05, 0.1) is 24.6 Å². The molecule has 0 aliphatic carbocycles. The first kappa shape index (κ1) is 17.2. The fourth-order valence-electron chi connectivity index (χ4n) is 2.41. The molecule has 7 nitrogen and oxygen atoms in total. The van der Waals surface area contributed by atoms with Crippen LogP contribution in [0.5, 0.6) is 5.75 Å². The normalized spacial score (nSPS) is 10.0. The molecule has 0 saturated carbocycles. The van der Waals surface area contributed by atoms with E-state index in [0.29, 0.717) is 29.6 Å². The zero-order chi connectivity index (χ0) is 18.2. The molecule has 0 bridgehead atoms. The van der Waals surface area contributed by atoms with Gasteiger partial charge in [0, 0.05) is 6.54 Å². The molecule has 0 fully saturated rings. The van der Waals surface area contributed by atoms with E-state index in [1.807, 2.05) is 42.5 Å². The summed E-state index contributed by atoms with van der Waals surface area (Å²) in [7, 11) is 1.65. The third-order valence-electron chi connectivity index (χ3n) is 3.70. The van der Waals surface area contributed by atoms with Crippen molar-refractivity contribution in [2.24, 2.45) is 0 Å². The van der Waals surface area contributed by atoms with Gasteiger partial charge in [0.1, 0.15) is 11.8 Å². The van der Waals surface area contributed by atoms with Crippen LogP contribution in [0.25, 0.3) is 0 Å². The predicted molar refractivity (Wildman–Crippen MR) is 99.5 cm³/mol. The summed E-state index contributed by atoms with van der Waals surface area (Å²) in [6.07, 6.45) is 2.32. The first-order valence-corrected chi connectivity index (χ1v) is 8.11. The lowest BCUT2D eigenvalue weighted by molar-refractivity contribution is 0.414. The average Bonchev–Trinajstić information content (AvgIpc) is 2.69. The summed E-state index contributed by atoms with van der Waals surface area (Å²) >= 11 is 0. The molecule has 0 radical (unpaired) electrons. The van der Waals surface area contributed by atoms with Crippen LogP contribution in [0, 0.1) is 11.3 Å². The summed E-state index contributed by atoms with van der Waals surface area (Å²) in [5, 5.41) is 23.3. The molecule has 0 atom stereocenters. The maximum atomic E-state index is 9.15. The molecule has 0 saturated heterocycles. The van der Waals surface area contributed by atoms with Crippen molar-refractivity contribution in [3.05, 3.63) is 65.9 Å². The second-order valence-corrected chi connectivity index (χ2v) is 5.48. The van der Waals surface area contributed by atoms with Gasteiger partial charge in [0.2, 0.25) is 5.95 Å². The van der Waals surface area contributed by atoms with E-state index in [4.69, 9.17) is 10.00 Å². The summed E-state index contributed by atoms with van der Waals surface area (Å²) < 4.78 is 5.22. The van der Waals surface area contributed by atoms with Gasteiger partial charge >= 0.3 is 0 Å².